The Balaban J connectivity index is 1.38. The lowest BCUT2D eigenvalue weighted by Gasteiger charge is -2.19. The summed E-state index contributed by atoms with van der Waals surface area (Å²) in [5, 5.41) is 12.9. The van der Waals surface area contributed by atoms with E-state index in [-0.39, 0.29) is 10.1 Å². The van der Waals surface area contributed by atoms with Crippen molar-refractivity contribution in [2.24, 2.45) is 4.99 Å². The molecular formula is C22H16Cl2N2O3S2. The summed E-state index contributed by atoms with van der Waals surface area (Å²) in [5.74, 6) is 0. The zero-order valence-corrected chi connectivity index (χ0v) is 19.1. The van der Waals surface area contributed by atoms with Gasteiger partial charge in [0, 0.05) is 26.9 Å². The molecule has 2 aliphatic rings. The third kappa shape index (κ3) is 3.75. The van der Waals surface area contributed by atoms with E-state index < -0.39 is 15.7 Å². The van der Waals surface area contributed by atoms with Crippen molar-refractivity contribution < 1.29 is 13.5 Å². The number of hydrogen-bond donors (Lipinski definition) is 2. The minimum atomic E-state index is -3.72. The predicted molar refractivity (Wildman–Crippen MR) is 126 cm³/mol. The fourth-order valence-electron chi connectivity index (χ4n) is 3.82. The van der Waals surface area contributed by atoms with Gasteiger partial charge in [0.25, 0.3) is 10.0 Å². The molecule has 158 valence electrons. The van der Waals surface area contributed by atoms with Crippen LogP contribution < -0.4 is 4.72 Å². The summed E-state index contributed by atoms with van der Waals surface area (Å²) in [5.41, 5.74) is 1.78. The Labute approximate surface area is 194 Å². The average Bonchev–Trinajstić information content (AvgIpc) is 3.18. The molecule has 0 spiro atoms. The van der Waals surface area contributed by atoms with Gasteiger partial charge in [-0.25, -0.2) is 13.4 Å². The van der Waals surface area contributed by atoms with Crippen molar-refractivity contribution >= 4 is 55.7 Å². The standard InChI is InChI=1S/C22H16Cl2N2O3S2/c23-15-3-8-18(9-4-15)31(28,29)26-17-6-1-13(2-7-17)21-25-22(27)19-10-5-16(24)11-14(19)12-20(22)30-21/h1-11,20,26-27H,12H2. The number of benzene rings is 3. The highest BCUT2D eigenvalue weighted by molar-refractivity contribution is 8.15. The average molecular weight is 491 g/mol. The first-order valence-corrected chi connectivity index (χ1v) is 12.5. The van der Waals surface area contributed by atoms with Gasteiger partial charge in [-0.3, -0.25) is 4.72 Å². The quantitative estimate of drug-likeness (QED) is 0.535. The van der Waals surface area contributed by atoms with Crippen LogP contribution in [0.5, 0.6) is 0 Å². The Morgan fingerprint density at radius 3 is 2.39 bits per heavy atom. The lowest BCUT2D eigenvalue weighted by molar-refractivity contribution is 0.0580. The highest BCUT2D eigenvalue weighted by Gasteiger charge is 2.50. The lowest BCUT2D eigenvalue weighted by atomic mass is 10.1. The van der Waals surface area contributed by atoms with Crippen molar-refractivity contribution in [2.45, 2.75) is 22.3 Å². The van der Waals surface area contributed by atoms with Gasteiger partial charge in [-0.2, -0.15) is 0 Å². The fraction of sp³-hybridized carbons (Fsp3) is 0.136. The molecule has 0 aromatic heterocycles. The van der Waals surface area contributed by atoms with Crippen LogP contribution in [0.15, 0.2) is 76.6 Å². The van der Waals surface area contributed by atoms with Gasteiger partial charge in [0.2, 0.25) is 0 Å². The molecule has 5 nitrogen and oxygen atoms in total. The molecule has 9 heteroatoms. The molecule has 0 saturated carbocycles. The zero-order valence-electron chi connectivity index (χ0n) is 15.9. The monoisotopic (exact) mass is 490 g/mol. The Kier molecular flexibility index (Phi) is 5.07. The van der Waals surface area contributed by atoms with E-state index in [1.807, 2.05) is 12.1 Å². The normalized spacial score (nSPS) is 22.0. The van der Waals surface area contributed by atoms with Crippen molar-refractivity contribution in [2.75, 3.05) is 4.72 Å². The summed E-state index contributed by atoms with van der Waals surface area (Å²) >= 11 is 13.4. The second kappa shape index (κ2) is 7.53. The van der Waals surface area contributed by atoms with E-state index in [1.165, 1.54) is 36.0 Å². The second-order valence-electron chi connectivity index (χ2n) is 7.39. The van der Waals surface area contributed by atoms with Crippen LogP contribution in [0.1, 0.15) is 16.7 Å². The molecule has 2 N–H and O–H groups in total. The molecule has 1 aliphatic carbocycles. The topological polar surface area (TPSA) is 78.8 Å². The maximum Gasteiger partial charge on any atom is 0.261 e. The second-order valence-corrected chi connectivity index (χ2v) is 11.1. The summed E-state index contributed by atoms with van der Waals surface area (Å²) in [6.07, 6.45) is 0.684. The molecule has 3 aromatic carbocycles. The molecule has 1 heterocycles. The van der Waals surface area contributed by atoms with Gasteiger partial charge in [0.15, 0.2) is 5.72 Å². The van der Waals surface area contributed by atoms with E-state index in [0.717, 1.165) is 21.7 Å². The number of aliphatic imine (C=N–C) groups is 1. The van der Waals surface area contributed by atoms with Gasteiger partial charge in [-0.1, -0.05) is 53.2 Å². The van der Waals surface area contributed by atoms with Gasteiger partial charge in [-0.05, 0) is 60.5 Å². The number of nitrogens with one attached hydrogen (secondary N) is 1. The number of fused-ring (bicyclic) bond motifs is 3. The van der Waals surface area contributed by atoms with Gasteiger partial charge in [0.05, 0.1) is 10.1 Å². The highest BCUT2D eigenvalue weighted by Crippen LogP contribution is 2.50. The highest BCUT2D eigenvalue weighted by atomic mass is 35.5. The van der Waals surface area contributed by atoms with E-state index in [4.69, 9.17) is 23.2 Å². The minimum Gasteiger partial charge on any atom is -0.365 e. The zero-order chi connectivity index (χ0) is 21.8. The number of nitrogens with zero attached hydrogens (tertiary/aromatic N) is 1. The van der Waals surface area contributed by atoms with E-state index in [0.29, 0.717) is 22.2 Å². The Morgan fingerprint density at radius 1 is 1.00 bits per heavy atom. The number of halogens is 2. The SMILES string of the molecule is O=S(=O)(Nc1ccc(C2=NC3(O)c4ccc(Cl)cc4CC3S2)cc1)c1ccc(Cl)cc1. The lowest BCUT2D eigenvalue weighted by Crippen LogP contribution is -2.27. The predicted octanol–water partition coefficient (Wildman–Crippen LogP) is 5.06. The number of hydrogen-bond acceptors (Lipinski definition) is 5. The summed E-state index contributed by atoms with van der Waals surface area (Å²) < 4.78 is 27.6. The maximum absolute atomic E-state index is 12.5. The van der Waals surface area contributed by atoms with Gasteiger partial charge < -0.3 is 5.11 Å². The van der Waals surface area contributed by atoms with E-state index in [9.17, 15) is 13.5 Å². The van der Waals surface area contributed by atoms with Crippen LogP contribution in [-0.4, -0.2) is 23.8 Å². The number of rotatable bonds is 4. The molecule has 0 amide bonds. The summed E-state index contributed by atoms with van der Waals surface area (Å²) in [6.45, 7) is 0. The van der Waals surface area contributed by atoms with Crippen LogP contribution in [-0.2, 0) is 22.2 Å². The summed E-state index contributed by atoms with van der Waals surface area (Å²) in [7, 11) is -3.72. The Hall–Kier alpha value is -2.03. The third-order valence-corrected chi connectivity index (χ3v) is 8.57. The fourth-order valence-corrected chi connectivity index (χ4v) is 6.54. The number of sulfonamides is 1. The van der Waals surface area contributed by atoms with Crippen molar-refractivity contribution in [1.82, 2.24) is 0 Å². The largest absolute Gasteiger partial charge is 0.365 e. The molecule has 2 atom stereocenters. The van der Waals surface area contributed by atoms with Crippen LogP contribution in [0.25, 0.3) is 0 Å². The van der Waals surface area contributed by atoms with E-state index >= 15 is 0 Å². The third-order valence-electron chi connectivity index (χ3n) is 5.35. The molecule has 0 saturated heterocycles. The molecule has 5 rings (SSSR count). The van der Waals surface area contributed by atoms with Crippen molar-refractivity contribution in [1.29, 1.82) is 0 Å². The maximum atomic E-state index is 12.5. The van der Waals surface area contributed by atoms with Crippen LogP contribution >= 0.6 is 35.0 Å². The van der Waals surface area contributed by atoms with Gasteiger partial charge in [-0.15, -0.1) is 0 Å². The first-order chi connectivity index (χ1) is 14.7. The van der Waals surface area contributed by atoms with Crippen LogP contribution in [0.4, 0.5) is 5.69 Å². The van der Waals surface area contributed by atoms with Gasteiger partial charge >= 0.3 is 0 Å². The summed E-state index contributed by atoms with van der Waals surface area (Å²) in [4.78, 5) is 4.75. The molecule has 1 aliphatic heterocycles. The van der Waals surface area contributed by atoms with Crippen LogP contribution in [0, 0.1) is 0 Å². The molecular weight excluding hydrogens is 475 g/mol. The molecule has 0 fully saturated rings. The Bertz CT molecular complexity index is 1310. The van der Waals surface area contributed by atoms with Crippen LogP contribution in [0.3, 0.4) is 0 Å². The first kappa shape index (κ1) is 20.8. The molecule has 31 heavy (non-hydrogen) atoms. The van der Waals surface area contributed by atoms with Crippen molar-refractivity contribution in [3.8, 4) is 0 Å². The molecule has 2 unspecified atom stereocenters. The van der Waals surface area contributed by atoms with E-state index in [1.54, 1.807) is 30.3 Å². The van der Waals surface area contributed by atoms with Crippen LogP contribution in [0.2, 0.25) is 10.0 Å². The van der Waals surface area contributed by atoms with Gasteiger partial charge in [0.1, 0.15) is 5.04 Å². The molecule has 0 radical (unpaired) electrons. The number of thioether (sulfide) groups is 1. The first-order valence-electron chi connectivity index (χ1n) is 9.41. The Morgan fingerprint density at radius 2 is 1.68 bits per heavy atom. The number of anilines is 1. The smallest absolute Gasteiger partial charge is 0.261 e. The number of aliphatic hydroxyl groups is 1. The van der Waals surface area contributed by atoms with Crippen molar-refractivity contribution in [3.05, 3.63) is 93.5 Å². The van der Waals surface area contributed by atoms with E-state index in [2.05, 4.69) is 9.71 Å². The van der Waals surface area contributed by atoms with Crippen molar-refractivity contribution in [3.63, 3.8) is 0 Å². The summed E-state index contributed by atoms with van der Waals surface area (Å²) in [6, 6.07) is 18.4. The molecule has 0 bridgehead atoms. The minimum absolute atomic E-state index is 0.112. The molecule has 3 aromatic rings.